The van der Waals surface area contributed by atoms with Crippen LogP contribution in [0.2, 0.25) is 0 Å². The van der Waals surface area contributed by atoms with Crippen molar-refractivity contribution in [2.24, 2.45) is 0 Å². The molecule has 0 aromatic heterocycles. The maximum atomic E-state index is 13.6. The second kappa shape index (κ2) is 12.7. The molecule has 2 aromatic rings. The van der Waals surface area contributed by atoms with Gasteiger partial charge in [-0.2, -0.15) is 0 Å². The molecule has 1 aliphatic rings. The van der Waals surface area contributed by atoms with Crippen molar-refractivity contribution in [1.29, 1.82) is 0 Å². The van der Waals surface area contributed by atoms with Gasteiger partial charge in [-0.25, -0.2) is 8.42 Å². The summed E-state index contributed by atoms with van der Waals surface area (Å²) in [6.45, 7) is 3.50. The molecule has 1 saturated carbocycles. The predicted molar refractivity (Wildman–Crippen MR) is 147 cm³/mol. The summed E-state index contributed by atoms with van der Waals surface area (Å²) in [5.41, 5.74) is 2.31. The van der Waals surface area contributed by atoms with Gasteiger partial charge in [0.25, 0.3) is 0 Å². The van der Waals surface area contributed by atoms with E-state index in [1.807, 2.05) is 37.3 Å². The number of halogens is 1. The zero-order valence-electron chi connectivity index (χ0n) is 21.2. The van der Waals surface area contributed by atoms with E-state index in [0.717, 1.165) is 51.8 Å². The lowest BCUT2D eigenvalue weighted by atomic mass is 9.95. The van der Waals surface area contributed by atoms with E-state index in [4.69, 9.17) is 0 Å². The SMILES string of the molecule is Cc1cc(N(CC(=O)N(CCc2ccccc2)[C@H](C)C(=O)NC2CCCCC2)S(C)(=O)=O)ccc1Br. The second-order valence-corrected chi connectivity index (χ2v) is 12.3. The molecule has 1 fully saturated rings. The molecule has 9 heteroatoms. The highest BCUT2D eigenvalue weighted by atomic mass is 79.9. The van der Waals surface area contributed by atoms with Crippen molar-refractivity contribution >= 4 is 43.5 Å². The highest BCUT2D eigenvalue weighted by Crippen LogP contribution is 2.25. The van der Waals surface area contributed by atoms with Crippen molar-refractivity contribution in [2.45, 2.75) is 64.5 Å². The summed E-state index contributed by atoms with van der Waals surface area (Å²) in [6.07, 6.45) is 6.90. The Hall–Kier alpha value is -2.39. The maximum absolute atomic E-state index is 13.6. The van der Waals surface area contributed by atoms with Gasteiger partial charge in [-0.3, -0.25) is 13.9 Å². The molecule has 0 saturated heterocycles. The average Bonchev–Trinajstić information content (AvgIpc) is 2.85. The zero-order valence-corrected chi connectivity index (χ0v) is 23.6. The largest absolute Gasteiger partial charge is 0.352 e. The Labute approximate surface area is 223 Å². The third-order valence-electron chi connectivity index (χ3n) is 6.71. The van der Waals surface area contributed by atoms with Crippen LogP contribution in [0.1, 0.15) is 50.2 Å². The average molecular weight is 579 g/mol. The fraction of sp³-hybridized carbons (Fsp3) is 0.481. The van der Waals surface area contributed by atoms with Crippen LogP contribution < -0.4 is 9.62 Å². The number of rotatable bonds is 10. The summed E-state index contributed by atoms with van der Waals surface area (Å²) >= 11 is 3.43. The summed E-state index contributed by atoms with van der Waals surface area (Å²) in [4.78, 5) is 28.3. The number of nitrogens with zero attached hydrogens (tertiary/aromatic N) is 2. The molecule has 2 aromatic carbocycles. The van der Waals surface area contributed by atoms with Crippen LogP contribution in [0.15, 0.2) is 53.0 Å². The Bertz CT molecular complexity index is 1150. The van der Waals surface area contributed by atoms with Crippen LogP contribution in [0.3, 0.4) is 0 Å². The second-order valence-electron chi connectivity index (χ2n) is 9.55. The van der Waals surface area contributed by atoms with E-state index in [-0.39, 0.29) is 18.5 Å². The summed E-state index contributed by atoms with van der Waals surface area (Å²) in [5.74, 6) is -0.614. The van der Waals surface area contributed by atoms with Crippen LogP contribution >= 0.6 is 15.9 Å². The fourth-order valence-corrected chi connectivity index (χ4v) is 5.62. The predicted octanol–water partition coefficient (Wildman–Crippen LogP) is 4.43. The molecule has 196 valence electrons. The number of amides is 2. The number of carbonyl (C=O) groups excluding carboxylic acids is 2. The molecule has 0 bridgehead atoms. The van der Waals surface area contributed by atoms with Gasteiger partial charge in [0.15, 0.2) is 0 Å². The molecule has 0 unspecified atom stereocenters. The first-order chi connectivity index (χ1) is 17.1. The van der Waals surface area contributed by atoms with Crippen molar-refractivity contribution in [3.05, 3.63) is 64.1 Å². The minimum absolute atomic E-state index is 0.123. The molecule has 36 heavy (non-hydrogen) atoms. The molecular weight excluding hydrogens is 542 g/mol. The number of nitrogens with one attached hydrogen (secondary N) is 1. The van der Waals surface area contributed by atoms with Crippen LogP contribution in [-0.4, -0.2) is 56.6 Å². The quantitative estimate of drug-likeness (QED) is 0.452. The third-order valence-corrected chi connectivity index (χ3v) is 8.74. The van der Waals surface area contributed by atoms with Crippen molar-refractivity contribution < 1.29 is 18.0 Å². The fourth-order valence-electron chi connectivity index (χ4n) is 4.54. The number of sulfonamides is 1. The standard InChI is InChI=1S/C27H36BrN3O4S/c1-20-18-24(14-15-25(20)28)31(36(3,34)35)19-26(32)30(17-16-22-10-6-4-7-11-22)21(2)27(33)29-23-12-8-5-9-13-23/h4,6-7,10-11,14-15,18,21,23H,5,8-9,12-13,16-17,19H2,1-3H3,(H,29,33)/t21-/m1/s1. The van der Waals surface area contributed by atoms with Gasteiger partial charge in [-0.1, -0.05) is 65.5 Å². The number of anilines is 1. The molecule has 3 rings (SSSR count). The maximum Gasteiger partial charge on any atom is 0.244 e. The van der Waals surface area contributed by atoms with E-state index in [1.165, 1.54) is 11.3 Å². The van der Waals surface area contributed by atoms with Gasteiger partial charge in [0.05, 0.1) is 11.9 Å². The summed E-state index contributed by atoms with van der Waals surface area (Å²) < 4.78 is 27.3. The van der Waals surface area contributed by atoms with E-state index < -0.39 is 22.0 Å². The van der Waals surface area contributed by atoms with E-state index in [0.29, 0.717) is 18.7 Å². The number of aryl methyl sites for hydroxylation is 1. The van der Waals surface area contributed by atoms with Gasteiger partial charge in [-0.05, 0) is 62.4 Å². The van der Waals surface area contributed by atoms with E-state index >= 15 is 0 Å². The Kier molecular flexibility index (Phi) is 9.96. The van der Waals surface area contributed by atoms with Crippen LogP contribution in [0.4, 0.5) is 5.69 Å². The lowest BCUT2D eigenvalue weighted by Crippen LogP contribution is -2.53. The molecule has 1 N–H and O–H groups in total. The van der Waals surface area contributed by atoms with Gasteiger partial charge >= 0.3 is 0 Å². The van der Waals surface area contributed by atoms with Gasteiger partial charge in [0, 0.05) is 17.1 Å². The lowest BCUT2D eigenvalue weighted by molar-refractivity contribution is -0.139. The minimum atomic E-state index is -3.74. The molecule has 7 nitrogen and oxygen atoms in total. The number of hydrogen-bond donors (Lipinski definition) is 1. The third kappa shape index (κ3) is 7.80. The van der Waals surface area contributed by atoms with Crippen molar-refractivity contribution in [1.82, 2.24) is 10.2 Å². The molecule has 1 atom stereocenters. The highest BCUT2D eigenvalue weighted by molar-refractivity contribution is 9.10. The first-order valence-corrected chi connectivity index (χ1v) is 15.1. The van der Waals surface area contributed by atoms with Gasteiger partial charge in [-0.15, -0.1) is 0 Å². The Morgan fingerprint density at radius 1 is 1.08 bits per heavy atom. The molecule has 0 heterocycles. The first kappa shape index (κ1) is 28.2. The molecule has 0 spiro atoms. The molecular formula is C27H36BrN3O4S. The molecule has 1 aliphatic carbocycles. The minimum Gasteiger partial charge on any atom is -0.352 e. The number of benzene rings is 2. The Morgan fingerprint density at radius 2 is 1.75 bits per heavy atom. The van der Waals surface area contributed by atoms with E-state index in [9.17, 15) is 18.0 Å². The van der Waals surface area contributed by atoms with Crippen LogP contribution in [0.5, 0.6) is 0 Å². The van der Waals surface area contributed by atoms with Gasteiger partial charge in [0.1, 0.15) is 12.6 Å². The number of hydrogen-bond acceptors (Lipinski definition) is 4. The van der Waals surface area contributed by atoms with E-state index in [2.05, 4.69) is 21.2 Å². The molecule has 0 aliphatic heterocycles. The Morgan fingerprint density at radius 3 is 2.36 bits per heavy atom. The van der Waals surface area contributed by atoms with Crippen LogP contribution in [-0.2, 0) is 26.0 Å². The van der Waals surface area contributed by atoms with Crippen LogP contribution in [0, 0.1) is 6.92 Å². The summed E-state index contributed by atoms with van der Waals surface area (Å²) in [6, 6.07) is 14.3. The summed E-state index contributed by atoms with van der Waals surface area (Å²) in [7, 11) is -3.74. The number of carbonyl (C=O) groups is 2. The van der Waals surface area contributed by atoms with E-state index in [1.54, 1.807) is 25.1 Å². The monoisotopic (exact) mass is 577 g/mol. The molecule has 2 amide bonds. The van der Waals surface area contributed by atoms with Crippen molar-refractivity contribution in [3.8, 4) is 0 Å². The first-order valence-electron chi connectivity index (χ1n) is 12.4. The van der Waals surface area contributed by atoms with Crippen LogP contribution in [0.25, 0.3) is 0 Å². The van der Waals surface area contributed by atoms with Gasteiger partial charge in [0.2, 0.25) is 21.8 Å². The highest BCUT2D eigenvalue weighted by Gasteiger charge is 2.31. The topological polar surface area (TPSA) is 86.8 Å². The smallest absolute Gasteiger partial charge is 0.244 e. The Balaban J connectivity index is 1.82. The summed E-state index contributed by atoms with van der Waals surface area (Å²) in [5, 5.41) is 3.11. The zero-order chi connectivity index (χ0) is 26.3. The normalized spacial score (nSPS) is 15.2. The lowest BCUT2D eigenvalue weighted by Gasteiger charge is -2.33. The van der Waals surface area contributed by atoms with Gasteiger partial charge < -0.3 is 10.2 Å². The van der Waals surface area contributed by atoms with Crippen molar-refractivity contribution in [3.63, 3.8) is 0 Å². The van der Waals surface area contributed by atoms with Crippen molar-refractivity contribution in [2.75, 3.05) is 23.7 Å². The molecule has 0 radical (unpaired) electrons.